The van der Waals surface area contributed by atoms with Gasteiger partial charge in [0.2, 0.25) is 0 Å². The van der Waals surface area contributed by atoms with Crippen LogP contribution in [0, 0.1) is 15.9 Å². The Bertz CT molecular complexity index is 354. The molecule has 0 saturated heterocycles. The van der Waals surface area contributed by atoms with E-state index < -0.39 is 0 Å². The topological polar surface area (TPSA) is 12.0 Å². The minimum Gasteiger partial charge on any atom is -0.310 e. The molecular weight excluding hydrogens is 309 g/mol. The summed E-state index contributed by atoms with van der Waals surface area (Å²) in [6.45, 7) is 3.22. The van der Waals surface area contributed by atoms with Crippen molar-refractivity contribution in [1.82, 2.24) is 5.32 Å². The number of terminal acetylenes is 1. The van der Waals surface area contributed by atoms with Gasteiger partial charge in [0.05, 0.1) is 0 Å². The molecule has 0 aliphatic heterocycles. The lowest BCUT2D eigenvalue weighted by Crippen LogP contribution is -2.22. The molecule has 1 aromatic rings. The van der Waals surface area contributed by atoms with Crippen molar-refractivity contribution in [3.63, 3.8) is 0 Å². The molecule has 0 aliphatic rings. The maximum atomic E-state index is 5.33. The van der Waals surface area contributed by atoms with Crippen LogP contribution >= 0.6 is 22.6 Å². The fourth-order valence-electron chi connectivity index (χ4n) is 1.66. The molecule has 16 heavy (non-hydrogen) atoms. The first-order valence-electron chi connectivity index (χ1n) is 5.70. The molecule has 0 saturated carbocycles. The predicted molar refractivity (Wildman–Crippen MR) is 78.3 cm³/mol. The summed E-state index contributed by atoms with van der Waals surface area (Å²) in [5.74, 6) is 2.72. The second-order valence-electron chi connectivity index (χ2n) is 3.80. The number of hydrogen-bond acceptors (Lipinski definition) is 1. The molecule has 0 heterocycles. The van der Waals surface area contributed by atoms with Gasteiger partial charge < -0.3 is 5.32 Å². The molecule has 0 spiro atoms. The van der Waals surface area contributed by atoms with E-state index in [2.05, 4.69) is 65.0 Å². The lowest BCUT2D eigenvalue weighted by molar-refractivity contribution is 0.505. The normalized spacial score (nSPS) is 12.1. The Kier molecular flexibility index (Phi) is 6.51. The standard InChI is InChI=1S/C14H18IN/c1-3-5-9-14(16-10-4-2)12-7-6-8-13(15)11-12/h1,6-8,11,14,16H,4-5,9-10H2,2H3. The van der Waals surface area contributed by atoms with Crippen molar-refractivity contribution in [3.8, 4) is 12.3 Å². The fraction of sp³-hybridized carbons (Fsp3) is 0.429. The first-order chi connectivity index (χ1) is 7.77. The van der Waals surface area contributed by atoms with Crippen molar-refractivity contribution >= 4 is 22.6 Å². The van der Waals surface area contributed by atoms with Crippen LogP contribution in [-0.4, -0.2) is 6.54 Å². The summed E-state index contributed by atoms with van der Waals surface area (Å²) in [7, 11) is 0. The number of benzene rings is 1. The molecule has 0 bridgehead atoms. The summed E-state index contributed by atoms with van der Waals surface area (Å²) in [4.78, 5) is 0. The molecular formula is C14H18IN. The van der Waals surface area contributed by atoms with E-state index in [1.165, 1.54) is 9.13 Å². The fourth-order valence-corrected chi connectivity index (χ4v) is 2.22. The number of hydrogen-bond donors (Lipinski definition) is 1. The van der Waals surface area contributed by atoms with Gasteiger partial charge in [-0.3, -0.25) is 0 Å². The second kappa shape index (κ2) is 7.70. The van der Waals surface area contributed by atoms with Gasteiger partial charge >= 0.3 is 0 Å². The van der Waals surface area contributed by atoms with Crippen molar-refractivity contribution < 1.29 is 0 Å². The van der Waals surface area contributed by atoms with Crippen LogP contribution in [0.5, 0.6) is 0 Å². The Morgan fingerprint density at radius 3 is 2.94 bits per heavy atom. The highest BCUT2D eigenvalue weighted by Crippen LogP contribution is 2.20. The van der Waals surface area contributed by atoms with Crippen LogP contribution in [0.15, 0.2) is 24.3 Å². The van der Waals surface area contributed by atoms with E-state index in [1.54, 1.807) is 0 Å². The quantitative estimate of drug-likeness (QED) is 0.620. The van der Waals surface area contributed by atoms with Gasteiger partial charge in [-0.05, 0) is 59.7 Å². The van der Waals surface area contributed by atoms with Gasteiger partial charge in [0, 0.05) is 16.0 Å². The first-order valence-corrected chi connectivity index (χ1v) is 6.78. The van der Waals surface area contributed by atoms with Crippen LogP contribution in [0.2, 0.25) is 0 Å². The Balaban J connectivity index is 2.70. The van der Waals surface area contributed by atoms with Gasteiger partial charge in [0.1, 0.15) is 0 Å². The van der Waals surface area contributed by atoms with E-state index >= 15 is 0 Å². The highest BCUT2D eigenvalue weighted by atomic mass is 127. The average Bonchev–Trinajstić information content (AvgIpc) is 2.29. The lowest BCUT2D eigenvalue weighted by atomic mass is 10.0. The molecule has 1 N–H and O–H groups in total. The summed E-state index contributed by atoms with van der Waals surface area (Å²) in [5.41, 5.74) is 1.34. The van der Waals surface area contributed by atoms with Crippen molar-refractivity contribution in [3.05, 3.63) is 33.4 Å². The average molecular weight is 327 g/mol. The zero-order valence-electron chi connectivity index (χ0n) is 9.67. The summed E-state index contributed by atoms with van der Waals surface area (Å²) in [5, 5.41) is 3.55. The Morgan fingerprint density at radius 2 is 2.31 bits per heavy atom. The van der Waals surface area contributed by atoms with E-state index in [1.807, 2.05) is 0 Å². The summed E-state index contributed by atoms with van der Waals surface area (Å²) in [6.07, 6.45) is 8.32. The second-order valence-corrected chi connectivity index (χ2v) is 5.05. The molecule has 1 aromatic carbocycles. The number of halogens is 1. The smallest absolute Gasteiger partial charge is 0.0329 e. The molecule has 0 amide bonds. The van der Waals surface area contributed by atoms with Gasteiger partial charge in [0.25, 0.3) is 0 Å². The highest BCUT2D eigenvalue weighted by molar-refractivity contribution is 14.1. The predicted octanol–water partition coefficient (Wildman–Crippen LogP) is 3.75. The van der Waals surface area contributed by atoms with E-state index in [9.17, 15) is 0 Å². The van der Waals surface area contributed by atoms with Gasteiger partial charge in [-0.1, -0.05) is 19.1 Å². The van der Waals surface area contributed by atoms with Crippen molar-refractivity contribution in [2.45, 2.75) is 32.2 Å². The van der Waals surface area contributed by atoms with E-state index in [0.717, 1.165) is 25.8 Å². The van der Waals surface area contributed by atoms with Crippen LogP contribution in [0.4, 0.5) is 0 Å². The van der Waals surface area contributed by atoms with Crippen molar-refractivity contribution in [1.29, 1.82) is 0 Å². The Morgan fingerprint density at radius 1 is 1.50 bits per heavy atom. The highest BCUT2D eigenvalue weighted by Gasteiger charge is 2.09. The zero-order valence-corrected chi connectivity index (χ0v) is 11.8. The van der Waals surface area contributed by atoms with Gasteiger partial charge in [-0.15, -0.1) is 12.3 Å². The molecule has 1 atom stereocenters. The third-order valence-corrected chi connectivity index (χ3v) is 3.14. The molecule has 86 valence electrons. The van der Waals surface area contributed by atoms with Gasteiger partial charge in [-0.2, -0.15) is 0 Å². The van der Waals surface area contributed by atoms with Crippen molar-refractivity contribution in [2.24, 2.45) is 0 Å². The molecule has 0 fully saturated rings. The molecule has 2 heteroatoms. The summed E-state index contributed by atoms with van der Waals surface area (Å²) in [6, 6.07) is 9.01. The molecule has 1 nitrogen and oxygen atoms in total. The van der Waals surface area contributed by atoms with Gasteiger partial charge in [-0.25, -0.2) is 0 Å². The maximum Gasteiger partial charge on any atom is 0.0329 e. The van der Waals surface area contributed by atoms with Crippen LogP contribution in [0.25, 0.3) is 0 Å². The molecule has 1 rings (SSSR count). The third kappa shape index (κ3) is 4.54. The van der Waals surface area contributed by atoms with Crippen LogP contribution in [0.3, 0.4) is 0 Å². The maximum absolute atomic E-state index is 5.33. The minimum atomic E-state index is 0.394. The molecule has 0 aliphatic carbocycles. The Labute approximate surface area is 112 Å². The Hall–Kier alpha value is -0.530. The van der Waals surface area contributed by atoms with Crippen molar-refractivity contribution in [2.75, 3.05) is 6.54 Å². The van der Waals surface area contributed by atoms with E-state index in [4.69, 9.17) is 6.42 Å². The van der Waals surface area contributed by atoms with Crippen LogP contribution in [-0.2, 0) is 0 Å². The van der Waals surface area contributed by atoms with E-state index in [0.29, 0.717) is 6.04 Å². The van der Waals surface area contributed by atoms with Crippen LogP contribution < -0.4 is 5.32 Å². The SMILES string of the molecule is C#CCCC(NCCC)c1cccc(I)c1. The van der Waals surface area contributed by atoms with Gasteiger partial charge in [0.15, 0.2) is 0 Å². The van der Waals surface area contributed by atoms with E-state index in [-0.39, 0.29) is 0 Å². The molecule has 0 radical (unpaired) electrons. The summed E-state index contributed by atoms with van der Waals surface area (Å²) >= 11 is 2.35. The molecule has 1 unspecified atom stereocenters. The monoisotopic (exact) mass is 327 g/mol. The lowest BCUT2D eigenvalue weighted by Gasteiger charge is -2.18. The number of rotatable bonds is 6. The van der Waals surface area contributed by atoms with Crippen LogP contribution in [0.1, 0.15) is 37.8 Å². The zero-order chi connectivity index (χ0) is 11.8. The minimum absolute atomic E-state index is 0.394. The summed E-state index contributed by atoms with van der Waals surface area (Å²) < 4.78 is 1.28. The molecule has 0 aromatic heterocycles. The largest absolute Gasteiger partial charge is 0.310 e. The third-order valence-electron chi connectivity index (χ3n) is 2.47. The number of nitrogens with one attached hydrogen (secondary N) is 1. The first kappa shape index (κ1) is 13.5.